The summed E-state index contributed by atoms with van der Waals surface area (Å²) in [4.78, 5) is 2.58. The number of hydrogen-bond acceptors (Lipinski definition) is 3. The van der Waals surface area contributed by atoms with E-state index in [-0.39, 0.29) is 0 Å². The minimum absolute atomic E-state index is 1.06. The number of hydrogen-bond donors (Lipinski definition) is 2. The highest BCUT2D eigenvalue weighted by molar-refractivity contribution is 5.23. The third-order valence-corrected chi connectivity index (χ3v) is 3.86. The third kappa shape index (κ3) is 3.82. The van der Waals surface area contributed by atoms with E-state index in [9.17, 15) is 0 Å². The van der Waals surface area contributed by atoms with E-state index in [1.807, 2.05) is 0 Å². The van der Waals surface area contributed by atoms with E-state index in [1.54, 1.807) is 0 Å². The summed E-state index contributed by atoms with van der Waals surface area (Å²) in [5, 5.41) is 10.8. The van der Waals surface area contributed by atoms with Crippen LogP contribution >= 0.6 is 0 Å². The lowest BCUT2D eigenvalue weighted by molar-refractivity contribution is 0.331. The molecule has 1 aromatic heterocycles. The largest absolute Gasteiger partial charge is 0.316 e. The molecule has 102 valence electrons. The molecule has 1 aliphatic rings. The van der Waals surface area contributed by atoms with Crippen molar-refractivity contribution in [3.05, 3.63) is 17.0 Å². The van der Waals surface area contributed by atoms with Gasteiger partial charge in [-0.2, -0.15) is 5.10 Å². The van der Waals surface area contributed by atoms with Crippen molar-refractivity contribution < 1.29 is 0 Å². The Morgan fingerprint density at radius 3 is 2.67 bits per heavy atom. The third-order valence-electron chi connectivity index (χ3n) is 3.86. The highest BCUT2D eigenvalue weighted by Crippen LogP contribution is 2.09. The lowest BCUT2D eigenvalue weighted by atomic mass is 10.1. The molecule has 4 nitrogen and oxygen atoms in total. The number of aromatic nitrogens is 2. The Kier molecular flexibility index (Phi) is 5.20. The second-order valence-electron chi connectivity index (χ2n) is 5.31. The summed E-state index contributed by atoms with van der Waals surface area (Å²) in [5.41, 5.74) is 3.74. The molecule has 0 saturated carbocycles. The Morgan fingerprint density at radius 2 is 2.00 bits per heavy atom. The molecule has 1 saturated heterocycles. The van der Waals surface area contributed by atoms with Gasteiger partial charge >= 0.3 is 0 Å². The summed E-state index contributed by atoms with van der Waals surface area (Å²) < 4.78 is 0. The van der Waals surface area contributed by atoms with Crippen molar-refractivity contribution in [1.29, 1.82) is 0 Å². The lowest BCUT2D eigenvalue weighted by Crippen LogP contribution is -2.26. The summed E-state index contributed by atoms with van der Waals surface area (Å²) in [6.07, 6.45) is 5.14. The molecule has 0 aliphatic carbocycles. The fourth-order valence-electron chi connectivity index (χ4n) is 2.71. The molecule has 0 amide bonds. The van der Waals surface area contributed by atoms with Crippen LogP contribution in [0.2, 0.25) is 0 Å². The summed E-state index contributed by atoms with van der Waals surface area (Å²) >= 11 is 0. The summed E-state index contributed by atoms with van der Waals surface area (Å²) in [7, 11) is 0. The molecule has 1 aliphatic heterocycles. The molecule has 2 heterocycles. The maximum Gasteiger partial charge on any atom is 0.0626 e. The molecule has 0 unspecified atom stereocenters. The van der Waals surface area contributed by atoms with E-state index in [0.29, 0.717) is 0 Å². The topological polar surface area (TPSA) is 44.0 Å². The van der Waals surface area contributed by atoms with Gasteiger partial charge < -0.3 is 10.2 Å². The average Bonchev–Trinajstić information content (AvgIpc) is 2.97. The molecule has 4 heteroatoms. The monoisotopic (exact) mass is 250 g/mol. The first-order valence-electron chi connectivity index (χ1n) is 7.21. The maximum atomic E-state index is 4.22. The van der Waals surface area contributed by atoms with Gasteiger partial charge in [0.15, 0.2) is 0 Å². The maximum absolute atomic E-state index is 4.22. The zero-order valence-corrected chi connectivity index (χ0v) is 11.8. The number of likely N-dealkylation sites (tertiary alicyclic amines) is 1. The molecule has 0 atom stereocenters. The van der Waals surface area contributed by atoms with E-state index in [2.05, 4.69) is 34.3 Å². The summed E-state index contributed by atoms with van der Waals surface area (Å²) in [6.45, 7) is 10.3. The number of aryl methyl sites for hydroxylation is 2. The van der Waals surface area contributed by atoms with Crippen molar-refractivity contribution in [2.75, 3.05) is 32.7 Å². The van der Waals surface area contributed by atoms with Gasteiger partial charge in [-0.05, 0) is 77.8 Å². The lowest BCUT2D eigenvalue weighted by Gasteiger charge is -2.14. The first kappa shape index (κ1) is 13.6. The predicted molar refractivity (Wildman–Crippen MR) is 74.9 cm³/mol. The Labute approximate surface area is 110 Å². The standard InChI is InChI=1S/C14H26N4/c1-12-14(13(2)17-16-12)6-8-15-7-5-11-18-9-3-4-10-18/h15H,3-11H2,1-2H3,(H,16,17). The SMILES string of the molecule is Cc1n[nH]c(C)c1CCNCCCN1CCCC1. The number of nitrogens with zero attached hydrogens (tertiary/aromatic N) is 2. The highest BCUT2D eigenvalue weighted by atomic mass is 15.1. The molecule has 1 fully saturated rings. The van der Waals surface area contributed by atoms with Gasteiger partial charge in [0.2, 0.25) is 0 Å². The first-order valence-corrected chi connectivity index (χ1v) is 7.21. The van der Waals surface area contributed by atoms with Gasteiger partial charge in [-0.15, -0.1) is 0 Å². The fraction of sp³-hybridized carbons (Fsp3) is 0.786. The molecule has 0 spiro atoms. The Balaban J connectivity index is 1.53. The highest BCUT2D eigenvalue weighted by Gasteiger charge is 2.10. The number of nitrogens with one attached hydrogen (secondary N) is 2. The van der Waals surface area contributed by atoms with Crippen molar-refractivity contribution in [2.24, 2.45) is 0 Å². The minimum Gasteiger partial charge on any atom is -0.316 e. The second kappa shape index (κ2) is 6.90. The van der Waals surface area contributed by atoms with Crippen molar-refractivity contribution in [3.63, 3.8) is 0 Å². The van der Waals surface area contributed by atoms with Gasteiger partial charge in [-0.25, -0.2) is 0 Å². The summed E-state index contributed by atoms with van der Waals surface area (Å²) in [5.74, 6) is 0. The van der Waals surface area contributed by atoms with Crippen molar-refractivity contribution in [1.82, 2.24) is 20.4 Å². The van der Waals surface area contributed by atoms with Gasteiger partial charge in [0.25, 0.3) is 0 Å². The molecule has 2 rings (SSSR count). The van der Waals surface area contributed by atoms with Crippen molar-refractivity contribution >= 4 is 0 Å². The second-order valence-corrected chi connectivity index (χ2v) is 5.31. The van der Waals surface area contributed by atoms with E-state index in [0.717, 1.165) is 25.2 Å². The Hall–Kier alpha value is -0.870. The van der Waals surface area contributed by atoms with Gasteiger partial charge in [0.1, 0.15) is 0 Å². The fourth-order valence-corrected chi connectivity index (χ4v) is 2.71. The van der Waals surface area contributed by atoms with Crippen molar-refractivity contribution in [2.45, 2.75) is 39.5 Å². The molecule has 0 radical (unpaired) electrons. The Bertz CT molecular complexity index is 333. The number of aromatic amines is 1. The van der Waals surface area contributed by atoms with Crippen molar-refractivity contribution in [3.8, 4) is 0 Å². The molecule has 0 aromatic carbocycles. The van der Waals surface area contributed by atoms with Crippen LogP contribution in [0.4, 0.5) is 0 Å². The molecule has 18 heavy (non-hydrogen) atoms. The van der Waals surface area contributed by atoms with Crippen LogP contribution in [0.5, 0.6) is 0 Å². The van der Waals surface area contributed by atoms with Crippen LogP contribution in [0.15, 0.2) is 0 Å². The summed E-state index contributed by atoms with van der Waals surface area (Å²) in [6, 6.07) is 0. The van der Waals surface area contributed by atoms with Gasteiger partial charge in [-0.3, -0.25) is 5.10 Å². The average molecular weight is 250 g/mol. The van der Waals surface area contributed by atoms with Crippen LogP contribution in [-0.4, -0.2) is 47.8 Å². The van der Waals surface area contributed by atoms with E-state index in [4.69, 9.17) is 0 Å². The number of rotatable bonds is 7. The molecule has 2 N–H and O–H groups in total. The van der Waals surface area contributed by atoms with Gasteiger partial charge in [0, 0.05) is 5.69 Å². The molecular weight excluding hydrogens is 224 g/mol. The quantitative estimate of drug-likeness (QED) is 0.723. The van der Waals surface area contributed by atoms with Crippen LogP contribution in [0.1, 0.15) is 36.2 Å². The van der Waals surface area contributed by atoms with Crippen LogP contribution in [0, 0.1) is 13.8 Å². The zero-order chi connectivity index (χ0) is 12.8. The predicted octanol–water partition coefficient (Wildman–Crippen LogP) is 1.64. The molecule has 1 aromatic rings. The molecule has 0 bridgehead atoms. The normalized spacial score (nSPS) is 16.6. The van der Waals surface area contributed by atoms with Gasteiger partial charge in [0.05, 0.1) is 5.69 Å². The first-order chi connectivity index (χ1) is 8.77. The van der Waals surface area contributed by atoms with E-state index in [1.165, 1.54) is 50.2 Å². The van der Waals surface area contributed by atoms with E-state index < -0.39 is 0 Å². The van der Waals surface area contributed by atoms with Crippen LogP contribution in [0.3, 0.4) is 0 Å². The minimum atomic E-state index is 1.06. The zero-order valence-electron chi connectivity index (χ0n) is 11.8. The van der Waals surface area contributed by atoms with E-state index >= 15 is 0 Å². The van der Waals surface area contributed by atoms with Crippen LogP contribution in [-0.2, 0) is 6.42 Å². The van der Waals surface area contributed by atoms with Crippen LogP contribution in [0.25, 0.3) is 0 Å². The smallest absolute Gasteiger partial charge is 0.0626 e. The van der Waals surface area contributed by atoms with Crippen LogP contribution < -0.4 is 5.32 Å². The van der Waals surface area contributed by atoms with Gasteiger partial charge in [-0.1, -0.05) is 0 Å². The Morgan fingerprint density at radius 1 is 1.22 bits per heavy atom. The molecular formula is C14H26N4. The number of H-pyrrole nitrogens is 1.